The Hall–Kier alpha value is -0.120. The normalized spacial score (nSPS) is 32.6. The molecule has 0 aromatic heterocycles. The Morgan fingerprint density at radius 2 is 2.06 bits per heavy atom. The summed E-state index contributed by atoms with van der Waals surface area (Å²) >= 11 is 0. The molecule has 1 saturated carbocycles. The summed E-state index contributed by atoms with van der Waals surface area (Å²) in [5.74, 6) is 0.680. The van der Waals surface area contributed by atoms with Crippen molar-refractivity contribution < 1.29 is 5.11 Å². The molecule has 1 aliphatic carbocycles. The first kappa shape index (κ1) is 13.3. The minimum Gasteiger partial charge on any atom is -0.396 e. The van der Waals surface area contributed by atoms with Gasteiger partial charge in [-0.3, -0.25) is 4.90 Å². The van der Waals surface area contributed by atoms with Crippen molar-refractivity contribution in [3.8, 4) is 0 Å². The molecule has 17 heavy (non-hydrogen) atoms. The molecular formula is C14H28N2O. The Balaban J connectivity index is 1.88. The average molecular weight is 240 g/mol. The van der Waals surface area contributed by atoms with Gasteiger partial charge in [0.15, 0.2) is 0 Å². The zero-order chi connectivity index (χ0) is 12.3. The van der Waals surface area contributed by atoms with E-state index in [4.69, 9.17) is 5.11 Å². The molecule has 2 fully saturated rings. The number of aliphatic hydroxyl groups excluding tert-OH is 1. The fourth-order valence-electron chi connectivity index (χ4n) is 2.95. The van der Waals surface area contributed by atoms with Crippen LogP contribution in [0.3, 0.4) is 0 Å². The summed E-state index contributed by atoms with van der Waals surface area (Å²) in [5, 5.41) is 12.9. The molecule has 3 atom stereocenters. The molecule has 1 aliphatic heterocycles. The van der Waals surface area contributed by atoms with Crippen molar-refractivity contribution in [3.63, 3.8) is 0 Å². The molecule has 2 rings (SSSR count). The molecule has 3 heteroatoms. The zero-order valence-corrected chi connectivity index (χ0v) is 11.4. The van der Waals surface area contributed by atoms with Gasteiger partial charge in [-0.1, -0.05) is 6.92 Å². The molecule has 3 unspecified atom stereocenters. The molecule has 3 nitrogen and oxygen atoms in total. The Kier molecular flexibility index (Phi) is 4.83. The van der Waals surface area contributed by atoms with Crippen LogP contribution >= 0.6 is 0 Å². The number of piperidine rings is 1. The average Bonchev–Trinajstić information content (AvgIpc) is 3.12. The van der Waals surface area contributed by atoms with Crippen LogP contribution in [0.4, 0.5) is 0 Å². The van der Waals surface area contributed by atoms with Crippen molar-refractivity contribution in [2.45, 2.75) is 64.1 Å². The lowest BCUT2D eigenvalue weighted by Gasteiger charge is -2.41. The van der Waals surface area contributed by atoms with Gasteiger partial charge < -0.3 is 10.4 Å². The fraction of sp³-hybridized carbons (Fsp3) is 1.00. The second kappa shape index (κ2) is 6.17. The number of nitrogens with zero attached hydrogens (tertiary/aromatic N) is 1. The van der Waals surface area contributed by atoms with Gasteiger partial charge in [-0.25, -0.2) is 0 Å². The van der Waals surface area contributed by atoms with Crippen LogP contribution in [0.15, 0.2) is 0 Å². The highest BCUT2D eigenvalue weighted by molar-refractivity contribution is 4.91. The molecule has 0 bridgehead atoms. The lowest BCUT2D eigenvalue weighted by molar-refractivity contribution is 0.0884. The highest BCUT2D eigenvalue weighted by Gasteiger charge is 2.32. The Morgan fingerprint density at radius 3 is 2.65 bits per heavy atom. The van der Waals surface area contributed by atoms with Gasteiger partial charge in [0.1, 0.15) is 0 Å². The van der Waals surface area contributed by atoms with Crippen LogP contribution in [-0.4, -0.2) is 47.8 Å². The van der Waals surface area contributed by atoms with E-state index < -0.39 is 0 Å². The highest BCUT2D eigenvalue weighted by atomic mass is 16.3. The van der Waals surface area contributed by atoms with E-state index in [1.807, 2.05) is 0 Å². The predicted octanol–water partition coefficient (Wildman–Crippen LogP) is 1.61. The standard InChI is InChI=1S/C14H28N2O/c1-3-11(2)16-9-12(6-7-17)8-14(10-16)15-13-4-5-13/h11-15,17H,3-10H2,1-2H3. The number of hydrogen-bond donors (Lipinski definition) is 2. The molecule has 0 spiro atoms. The quantitative estimate of drug-likeness (QED) is 0.740. The highest BCUT2D eigenvalue weighted by Crippen LogP contribution is 2.26. The molecule has 0 aromatic rings. The predicted molar refractivity (Wildman–Crippen MR) is 71.1 cm³/mol. The molecule has 2 aliphatic rings. The van der Waals surface area contributed by atoms with Gasteiger partial charge >= 0.3 is 0 Å². The van der Waals surface area contributed by atoms with Gasteiger partial charge in [0.2, 0.25) is 0 Å². The Morgan fingerprint density at radius 1 is 1.29 bits per heavy atom. The summed E-state index contributed by atoms with van der Waals surface area (Å²) < 4.78 is 0. The first-order valence-corrected chi connectivity index (χ1v) is 7.33. The molecule has 1 heterocycles. The molecule has 0 aromatic carbocycles. The summed E-state index contributed by atoms with van der Waals surface area (Å²) in [7, 11) is 0. The van der Waals surface area contributed by atoms with Crippen molar-refractivity contribution in [1.82, 2.24) is 10.2 Å². The molecule has 1 saturated heterocycles. The van der Waals surface area contributed by atoms with Crippen LogP contribution < -0.4 is 5.32 Å². The Bertz CT molecular complexity index is 230. The maximum Gasteiger partial charge on any atom is 0.0434 e. The van der Waals surface area contributed by atoms with Crippen molar-refractivity contribution in [2.24, 2.45) is 5.92 Å². The smallest absolute Gasteiger partial charge is 0.0434 e. The van der Waals surface area contributed by atoms with Crippen LogP contribution in [0, 0.1) is 5.92 Å². The van der Waals surface area contributed by atoms with Crippen molar-refractivity contribution in [2.75, 3.05) is 19.7 Å². The molecular weight excluding hydrogens is 212 g/mol. The second-order valence-corrected chi connectivity index (χ2v) is 5.96. The third kappa shape index (κ3) is 3.94. The van der Waals surface area contributed by atoms with E-state index in [0.717, 1.165) is 12.5 Å². The van der Waals surface area contributed by atoms with Gasteiger partial charge in [-0.15, -0.1) is 0 Å². The van der Waals surface area contributed by atoms with E-state index in [9.17, 15) is 0 Å². The van der Waals surface area contributed by atoms with Gasteiger partial charge in [-0.2, -0.15) is 0 Å². The summed E-state index contributed by atoms with van der Waals surface area (Å²) in [6, 6.07) is 2.13. The fourth-order valence-corrected chi connectivity index (χ4v) is 2.95. The third-order valence-electron chi connectivity index (χ3n) is 4.37. The summed E-state index contributed by atoms with van der Waals surface area (Å²) in [6.45, 7) is 7.32. The topological polar surface area (TPSA) is 35.5 Å². The lowest BCUT2D eigenvalue weighted by Crippen LogP contribution is -2.52. The maximum absolute atomic E-state index is 9.14. The lowest BCUT2D eigenvalue weighted by atomic mass is 9.90. The van der Waals surface area contributed by atoms with Gasteiger partial charge in [-0.05, 0) is 44.9 Å². The minimum absolute atomic E-state index is 0.342. The minimum atomic E-state index is 0.342. The van der Waals surface area contributed by atoms with E-state index in [1.165, 1.54) is 38.8 Å². The van der Waals surface area contributed by atoms with Crippen LogP contribution in [0.25, 0.3) is 0 Å². The van der Waals surface area contributed by atoms with Gasteiger partial charge in [0.25, 0.3) is 0 Å². The van der Waals surface area contributed by atoms with Crippen molar-refractivity contribution in [1.29, 1.82) is 0 Å². The van der Waals surface area contributed by atoms with E-state index in [1.54, 1.807) is 0 Å². The molecule has 100 valence electrons. The van der Waals surface area contributed by atoms with Crippen LogP contribution in [0.5, 0.6) is 0 Å². The molecule has 0 radical (unpaired) electrons. The second-order valence-electron chi connectivity index (χ2n) is 5.96. The number of rotatable bonds is 6. The van der Waals surface area contributed by atoms with E-state index >= 15 is 0 Å². The van der Waals surface area contributed by atoms with Crippen LogP contribution in [0.2, 0.25) is 0 Å². The number of hydrogen-bond acceptors (Lipinski definition) is 3. The monoisotopic (exact) mass is 240 g/mol. The zero-order valence-electron chi connectivity index (χ0n) is 11.4. The molecule has 0 amide bonds. The van der Waals surface area contributed by atoms with E-state index in [-0.39, 0.29) is 0 Å². The maximum atomic E-state index is 9.14. The van der Waals surface area contributed by atoms with Gasteiger partial charge in [0.05, 0.1) is 0 Å². The van der Waals surface area contributed by atoms with Crippen molar-refractivity contribution >= 4 is 0 Å². The number of likely N-dealkylation sites (tertiary alicyclic amines) is 1. The summed E-state index contributed by atoms with van der Waals surface area (Å²) in [6.07, 6.45) is 6.18. The molecule has 2 N–H and O–H groups in total. The Labute approximate surface area is 106 Å². The first-order chi connectivity index (χ1) is 8.22. The summed E-state index contributed by atoms with van der Waals surface area (Å²) in [5.41, 5.74) is 0. The van der Waals surface area contributed by atoms with Crippen LogP contribution in [0.1, 0.15) is 46.0 Å². The number of nitrogens with one attached hydrogen (secondary N) is 1. The third-order valence-corrected chi connectivity index (χ3v) is 4.37. The largest absolute Gasteiger partial charge is 0.396 e. The van der Waals surface area contributed by atoms with E-state index in [0.29, 0.717) is 24.6 Å². The van der Waals surface area contributed by atoms with Crippen molar-refractivity contribution in [3.05, 3.63) is 0 Å². The van der Waals surface area contributed by atoms with Crippen LogP contribution in [-0.2, 0) is 0 Å². The summed E-state index contributed by atoms with van der Waals surface area (Å²) in [4.78, 5) is 2.61. The SMILES string of the molecule is CCC(C)N1CC(CCO)CC(NC2CC2)C1. The first-order valence-electron chi connectivity index (χ1n) is 7.33. The van der Waals surface area contributed by atoms with Gasteiger partial charge in [0, 0.05) is 37.8 Å². The van der Waals surface area contributed by atoms with E-state index in [2.05, 4.69) is 24.1 Å². The number of aliphatic hydroxyl groups is 1.